The molecule has 0 radical (unpaired) electrons. The number of rotatable bonds is 6. The van der Waals surface area contributed by atoms with E-state index in [0.717, 1.165) is 25.1 Å². The van der Waals surface area contributed by atoms with Gasteiger partial charge in [0.15, 0.2) is 0 Å². The molecule has 3 aromatic rings. The van der Waals surface area contributed by atoms with Gasteiger partial charge in [0, 0.05) is 57.8 Å². The number of hydrogen-bond acceptors (Lipinski definition) is 5. The molecule has 136 valence electrons. The van der Waals surface area contributed by atoms with E-state index in [0.29, 0.717) is 13.2 Å². The van der Waals surface area contributed by atoms with Crippen LogP contribution in [0.2, 0.25) is 0 Å². The van der Waals surface area contributed by atoms with Gasteiger partial charge in [-0.25, -0.2) is 4.98 Å². The Morgan fingerprint density at radius 3 is 2.92 bits per heavy atom. The molecular formula is C19H24N6O. The number of fused-ring (bicyclic) bond motifs is 1. The SMILES string of the molecule is Cn1cc(CN2CCc3ncn(C)c3[C@@H]2COCc2cccnc2)cn1. The third-order valence-corrected chi connectivity index (χ3v) is 4.87. The lowest BCUT2D eigenvalue weighted by molar-refractivity contribution is 0.0377. The molecule has 4 rings (SSSR count). The molecule has 0 unspecified atom stereocenters. The zero-order chi connectivity index (χ0) is 17.9. The average molecular weight is 352 g/mol. The summed E-state index contributed by atoms with van der Waals surface area (Å²) in [5, 5.41) is 4.30. The Kier molecular flexibility index (Phi) is 4.81. The molecule has 1 aliphatic heterocycles. The Balaban J connectivity index is 1.50. The van der Waals surface area contributed by atoms with Crippen LogP contribution in [0.3, 0.4) is 0 Å². The first-order valence-electron chi connectivity index (χ1n) is 8.89. The van der Waals surface area contributed by atoms with E-state index in [1.54, 1.807) is 6.20 Å². The predicted molar refractivity (Wildman–Crippen MR) is 97.2 cm³/mol. The lowest BCUT2D eigenvalue weighted by Crippen LogP contribution is -2.38. The molecule has 26 heavy (non-hydrogen) atoms. The fraction of sp³-hybridized carbons (Fsp3) is 0.421. The van der Waals surface area contributed by atoms with Crippen LogP contribution in [0.5, 0.6) is 0 Å². The number of imidazole rings is 1. The second-order valence-corrected chi connectivity index (χ2v) is 6.82. The van der Waals surface area contributed by atoms with Crippen molar-refractivity contribution in [2.24, 2.45) is 14.1 Å². The van der Waals surface area contributed by atoms with E-state index >= 15 is 0 Å². The monoisotopic (exact) mass is 352 g/mol. The van der Waals surface area contributed by atoms with E-state index < -0.39 is 0 Å². The highest BCUT2D eigenvalue weighted by atomic mass is 16.5. The van der Waals surface area contributed by atoms with Crippen LogP contribution >= 0.6 is 0 Å². The minimum absolute atomic E-state index is 0.183. The standard InChI is InChI=1S/C19H24N6O/c1-23-14-21-17-5-7-25(11-16-9-22-24(2)10-16)18(19(17)23)13-26-12-15-4-3-6-20-8-15/h3-4,6,8-10,14,18H,5,7,11-13H2,1-2H3/t18-/m0/s1. The van der Waals surface area contributed by atoms with E-state index in [4.69, 9.17) is 4.74 Å². The minimum atomic E-state index is 0.183. The lowest BCUT2D eigenvalue weighted by Gasteiger charge is -2.35. The van der Waals surface area contributed by atoms with Crippen LogP contribution in [-0.2, 0) is 38.4 Å². The fourth-order valence-corrected chi connectivity index (χ4v) is 3.62. The first-order valence-corrected chi connectivity index (χ1v) is 8.89. The van der Waals surface area contributed by atoms with Crippen molar-refractivity contribution in [3.05, 3.63) is 65.8 Å². The number of hydrogen-bond donors (Lipinski definition) is 0. The highest BCUT2D eigenvalue weighted by molar-refractivity contribution is 5.22. The fourth-order valence-electron chi connectivity index (χ4n) is 3.62. The molecule has 0 bridgehead atoms. The Labute approximate surface area is 153 Å². The molecule has 4 heterocycles. The van der Waals surface area contributed by atoms with Crippen molar-refractivity contribution in [1.29, 1.82) is 0 Å². The normalized spacial score (nSPS) is 17.4. The van der Waals surface area contributed by atoms with Gasteiger partial charge in [-0.3, -0.25) is 14.6 Å². The predicted octanol–water partition coefficient (Wildman–Crippen LogP) is 1.86. The van der Waals surface area contributed by atoms with Crippen LogP contribution in [0.1, 0.15) is 28.6 Å². The highest BCUT2D eigenvalue weighted by Gasteiger charge is 2.31. The van der Waals surface area contributed by atoms with Gasteiger partial charge in [0.1, 0.15) is 0 Å². The zero-order valence-corrected chi connectivity index (χ0v) is 15.2. The van der Waals surface area contributed by atoms with Crippen molar-refractivity contribution in [1.82, 2.24) is 29.2 Å². The molecule has 1 atom stereocenters. The molecule has 0 spiro atoms. The van der Waals surface area contributed by atoms with Gasteiger partial charge in [-0.1, -0.05) is 6.07 Å². The summed E-state index contributed by atoms with van der Waals surface area (Å²) in [6, 6.07) is 4.16. The Morgan fingerprint density at radius 2 is 2.15 bits per heavy atom. The molecule has 0 N–H and O–H groups in total. The second kappa shape index (κ2) is 7.39. The smallest absolute Gasteiger partial charge is 0.0949 e. The number of ether oxygens (including phenoxy) is 1. The summed E-state index contributed by atoms with van der Waals surface area (Å²) in [7, 11) is 4.01. The van der Waals surface area contributed by atoms with Gasteiger partial charge in [0.25, 0.3) is 0 Å². The van der Waals surface area contributed by atoms with E-state index in [1.807, 2.05) is 42.6 Å². The summed E-state index contributed by atoms with van der Waals surface area (Å²) in [5.74, 6) is 0. The van der Waals surface area contributed by atoms with E-state index in [-0.39, 0.29) is 6.04 Å². The van der Waals surface area contributed by atoms with Gasteiger partial charge in [0.05, 0.1) is 43.2 Å². The molecule has 0 aliphatic carbocycles. The molecule has 3 aromatic heterocycles. The maximum absolute atomic E-state index is 6.07. The van der Waals surface area contributed by atoms with Crippen LogP contribution < -0.4 is 0 Å². The van der Waals surface area contributed by atoms with Crippen LogP contribution in [0.25, 0.3) is 0 Å². The van der Waals surface area contributed by atoms with Gasteiger partial charge < -0.3 is 9.30 Å². The number of aryl methyl sites for hydroxylation is 2. The van der Waals surface area contributed by atoms with Gasteiger partial charge in [-0.15, -0.1) is 0 Å². The molecule has 1 aliphatic rings. The molecule has 7 heteroatoms. The maximum Gasteiger partial charge on any atom is 0.0949 e. The van der Waals surface area contributed by atoms with Gasteiger partial charge in [-0.2, -0.15) is 5.10 Å². The number of pyridine rings is 1. The van der Waals surface area contributed by atoms with E-state index in [2.05, 4.69) is 37.8 Å². The quantitative estimate of drug-likeness (QED) is 0.678. The van der Waals surface area contributed by atoms with Crippen molar-refractivity contribution in [3.8, 4) is 0 Å². The summed E-state index contributed by atoms with van der Waals surface area (Å²) < 4.78 is 10.0. The average Bonchev–Trinajstić information content (AvgIpc) is 3.23. The first kappa shape index (κ1) is 16.9. The van der Waals surface area contributed by atoms with Gasteiger partial charge >= 0.3 is 0 Å². The molecule has 0 saturated carbocycles. The summed E-state index contributed by atoms with van der Waals surface area (Å²) in [4.78, 5) is 11.2. The van der Waals surface area contributed by atoms with Crippen LogP contribution in [-0.4, -0.2) is 42.4 Å². The summed E-state index contributed by atoms with van der Waals surface area (Å²) in [6.07, 6.45) is 10.5. The van der Waals surface area contributed by atoms with Crippen LogP contribution in [0, 0.1) is 0 Å². The maximum atomic E-state index is 6.07. The highest BCUT2D eigenvalue weighted by Crippen LogP contribution is 2.30. The molecule has 0 amide bonds. The number of aromatic nitrogens is 5. The summed E-state index contributed by atoms with van der Waals surface area (Å²) in [5.41, 5.74) is 4.75. The van der Waals surface area contributed by atoms with E-state index in [9.17, 15) is 0 Å². The zero-order valence-electron chi connectivity index (χ0n) is 15.2. The largest absolute Gasteiger partial charge is 0.375 e. The Morgan fingerprint density at radius 1 is 1.23 bits per heavy atom. The van der Waals surface area contributed by atoms with Crippen molar-refractivity contribution >= 4 is 0 Å². The molecular weight excluding hydrogens is 328 g/mol. The summed E-state index contributed by atoms with van der Waals surface area (Å²) in [6.45, 7) is 3.03. The van der Waals surface area contributed by atoms with Crippen molar-refractivity contribution < 1.29 is 4.74 Å². The third-order valence-electron chi connectivity index (χ3n) is 4.87. The molecule has 0 fully saturated rings. The van der Waals surface area contributed by atoms with Crippen molar-refractivity contribution in [3.63, 3.8) is 0 Å². The Bertz CT molecular complexity index is 856. The molecule has 0 aromatic carbocycles. The first-order chi connectivity index (χ1) is 12.7. The van der Waals surface area contributed by atoms with Gasteiger partial charge in [-0.05, 0) is 11.6 Å². The summed E-state index contributed by atoms with van der Waals surface area (Å²) >= 11 is 0. The minimum Gasteiger partial charge on any atom is -0.375 e. The van der Waals surface area contributed by atoms with E-state index in [1.165, 1.54) is 17.0 Å². The number of nitrogens with zero attached hydrogens (tertiary/aromatic N) is 6. The lowest BCUT2D eigenvalue weighted by atomic mass is 10.0. The Hall–Kier alpha value is -2.51. The topological polar surface area (TPSA) is 61.0 Å². The van der Waals surface area contributed by atoms with Gasteiger partial charge in [0.2, 0.25) is 0 Å². The molecule has 0 saturated heterocycles. The second-order valence-electron chi connectivity index (χ2n) is 6.82. The van der Waals surface area contributed by atoms with Crippen LogP contribution in [0.4, 0.5) is 0 Å². The van der Waals surface area contributed by atoms with Crippen LogP contribution in [0.15, 0.2) is 43.2 Å². The van der Waals surface area contributed by atoms with Crippen molar-refractivity contribution in [2.75, 3.05) is 13.2 Å². The third kappa shape index (κ3) is 3.54. The van der Waals surface area contributed by atoms with Crippen molar-refractivity contribution in [2.45, 2.75) is 25.6 Å². The molecule has 7 nitrogen and oxygen atoms in total.